The summed E-state index contributed by atoms with van der Waals surface area (Å²) >= 11 is 0. The van der Waals surface area contributed by atoms with E-state index in [0.29, 0.717) is 6.42 Å². The maximum atomic E-state index is 11.7. The molecule has 0 aromatic heterocycles. The van der Waals surface area contributed by atoms with Gasteiger partial charge in [0.15, 0.2) is 0 Å². The summed E-state index contributed by atoms with van der Waals surface area (Å²) in [5, 5.41) is 14.7. The van der Waals surface area contributed by atoms with Gasteiger partial charge in [-0.05, 0) is 32.4 Å². The van der Waals surface area contributed by atoms with E-state index in [0.717, 1.165) is 32.4 Å². The largest absolute Gasteiger partial charge is 0.481 e. The van der Waals surface area contributed by atoms with Crippen LogP contribution < -0.4 is 10.6 Å². The van der Waals surface area contributed by atoms with E-state index in [2.05, 4.69) is 10.6 Å². The number of hydrogen-bond donors (Lipinski definition) is 3. The Morgan fingerprint density at radius 3 is 2.68 bits per heavy atom. The fourth-order valence-electron chi connectivity index (χ4n) is 2.21. The maximum Gasteiger partial charge on any atom is 0.305 e. The molecule has 0 bridgehead atoms. The van der Waals surface area contributed by atoms with E-state index >= 15 is 0 Å². The Bertz CT molecular complexity index is 290. The molecule has 0 radical (unpaired) electrons. The van der Waals surface area contributed by atoms with E-state index in [1.54, 1.807) is 0 Å². The first kappa shape index (κ1) is 15.9. The van der Waals surface area contributed by atoms with E-state index in [4.69, 9.17) is 9.84 Å². The minimum Gasteiger partial charge on any atom is -0.481 e. The molecule has 0 spiro atoms. The van der Waals surface area contributed by atoms with Crippen molar-refractivity contribution in [1.29, 1.82) is 0 Å². The van der Waals surface area contributed by atoms with Crippen LogP contribution in [0, 0.1) is 0 Å². The molecule has 6 nitrogen and oxygen atoms in total. The predicted octanol–water partition coefficient (Wildman–Crippen LogP) is 0.515. The third kappa shape index (κ3) is 7.12. The fourth-order valence-corrected chi connectivity index (χ4v) is 2.21. The summed E-state index contributed by atoms with van der Waals surface area (Å²) in [4.78, 5) is 22.4. The molecular formula is C13H24N2O4. The zero-order valence-electron chi connectivity index (χ0n) is 11.5. The Morgan fingerprint density at radius 1 is 1.42 bits per heavy atom. The SMILES string of the molecule is CCCC(CC(=O)O)NC(=O)COC1CCNCC1. The van der Waals surface area contributed by atoms with Gasteiger partial charge in [0.1, 0.15) is 6.61 Å². The Morgan fingerprint density at radius 2 is 2.11 bits per heavy atom. The van der Waals surface area contributed by atoms with Crippen LogP contribution in [0.2, 0.25) is 0 Å². The van der Waals surface area contributed by atoms with Crippen LogP contribution >= 0.6 is 0 Å². The molecule has 110 valence electrons. The molecule has 0 aromatic rings. The highest BCUT2D eigenvalue weighted by atomic mass is 16.5. The minimum absolute atomic E-state index is 0.0184. The van der Waals surface area contributed by atoms with Gasteiger partial charge in [0.05, 0.1) is 12.5 Å². The van der Waals surface area contributed by atoms with E-state index in [1.807, 2.05) is 6.92 Å². The number of carbonyl (C=O) groups is 2. The van der Waals surface area contributed by atoms with Gasteiger partial charge in [0.25, 0.3) is 0 Å². The Hall–Kier alpha value is -1.14. The molecule has 1 aliphatic heterocycles. The van der Waals surface area contributed by atoms with E-state index < -0.39 is 5.97 Å². The van der Waals surface area contributed by atoms with Gasteiger partial charge < -0.3 is 20.5 Å². The molecule has 1 fully saturated rings. The quantitative estimate of drug-likeness (QED) is 0.599. The number of nitrogens with one attached hydrogen (secondary N) is 2. The lowest BCUT2D eigenvalue weighted by atomic mass is 10.1. The second kappa shape index (κ2) is 8.87. The molecular weight excluding hydrogens is 248 g/mol. The van der Waals surface area contributed by atoms with Crippen LogP contribution in [0.4, 0.5) is 0 Å². The average Bonchev–Trinajstić information content (AvgIpc) is 2.37. The lowest BCUT2D eigenvalue weighted by molar-refractivity contribution is -0.138. The minimum atomic E-state index is -0.891. The first-order valence-electron chi connectivity index (χ1n) is 6.95. The first-order valence-corrected chi connectivity index (χ1v) is 6.95. The zero-order valence-corrected chi connectivity index (χ0v) is 11.5. The van der Waals surface area contributed by atoms with Gasteiger partial charge in [-0.1, -0.05) is 13.3 Å². The number of piperidine rings is 1. The van der Waals surface area contributed by atoms with Crippen LogP contribution in [-0.2, 0) is 14.3 Å². The van der Waals surface area contributed by atoms with Gasteiger partial charge in [-0.25, -0.2) is 0 Å². The first-order chi connectivity index (χ1) is 9.11. The Kier molecular flexibility index (Phi) is 7.43. The highest BCUT2D eigenvalue weighted by Crippen LogP contribution is 2.07. The summed E-state index contributed by atoms with van der Waals surface area (Å²) in [6.07, 6.45) is 3.45. The molecule has 1 saturated heterocycles. The number of carboxylic acids is 1. The summed E-state index contributed by atoms with van der Waals surface area (Å²) in [6.45, 7) is 3.82. The number of ether oxygens (including phenoxy) is 1. The average molecular weight is 272 g/mol. The summed E-state index contributed by atoms with van der Waals surface area (Å²) in [5.74, 6) is -1.11. The lowest BCUT2D eigenvalue weighted by Crippen LogP contribution is -2.40. The van der Waals surface area contributed by atoms with Crippen molar-refractivity contribution in [2.75, 3.05) is 19.7 Å². The topological polar surface area (TPSA) is 87.7 Å². The van der Waals surface area contributed by atoms with Crippen molar-refractivity contribution in [3.8, 4) is 0 Å². The smallest absolute Gasteiger partial charge is 0.305 e. The van der Waals surface area contributed by atoms with E-state index in [9.17, 15) is 9.59 Å². The van der Waals surface area contributed by atoms with Crippen molar-refractivity contribution in [3.05, 3.63) is 0 Å². The second-order valence-corrected chi connectivity index (χ2v) is 4.91. The van der Waals surface area contributed by atoms with Crippen LogP contribution in [-0.4, -0.2) is 48.8 Å². The summed E-state index contributed by atoms with van der Waals surface area (Å²) in [6, 6.07) is -0.299. The van der Waals surface area contributed by atoms with Gasteiger partial charge in [-0.3, -0.25) is 9.59 Å². The standard InChI is InChI=1S/C13H24N2O4/c1-2-3-10(8-13(17)18)15-12(16)9-19-11-4-6-14-7-5-11/h10-11,14H,2-9H2,1H3,(H,15,16)(H,17,18). The van der Waals surface area contributed by atoms with Crippen LogP contribution in [0.15, 0.2) is 0 Å². The number of hydrogen-bond acceptors (Lipinski definition) is 4. The van der Waals surface area contributed by atoms with Gasteiger partial charge in [-0.15, -0.1) is 0 Å². The molecule has 1 amide bonds. The van der Waals surface area contributed by atoms with Crippen molar-refractivity contribution in [2.45, 2.75) is 51.2 Å². The van der Waals surface area contributed by atoms with Crippen LogP contribution in [0.25, 0.3) is 0 Å². The van der Waals surface area contributed by atoms with Crippen LogP contribution in [0.1, 0.15) is 39.0 Å². The third-order valence-electron chi connectivity index (χ3n) is 3.16. The molecule has 1 atom stereocenters. The van der Waals surface area contributed by atoms with Gasteiger partial charge >= 0.3 is 5.97 Å². The zero-order chi connectivity index (χ0) is 14.1. The highest BCUT2D eigenvalue weighted by Gasteiger charge is 2.18. The number of carboxylic acid groups (broad SMARTS) is 1. The van der Waals surface area contributed by atoms with E-state index in [-0.39, 0.29) is 31.1 Å². The summed E-state index contributed by atoms with van der Waals surface area (Å²) in [5.41, 5.74) is 0. The number of amides is 1. The van der Waals surface area contributed by atoms with Crippen molar-refractivity contribution in [2.24, 2.45) is 0 Å². The third-order valence-corrected chi connectivity index (χ3v) is 3.16. The molecule has 0 aliphatic carbocycles. The monoisotopic (exact) mass is 272 g/mol. The van der Waals surface area contributed by atoms with Crippen molar-refractivity contribution in [1.82, 2.24) is 10.6 Å². The molecule has 1 unspecified atom stereocenters. The second-order valence-electron chi connectivity index (χ2n) is 4.91. The van der Waals surface area contributed by atoms with Crippen molar-refractivity contribution >= 4 is 11.9 Å². The summed E-state index contributed by atoms with van der Waals surface area (Å²) in [7, 11) is 0. The van der Waals surface area contributed by atoms with E-state index in [1.165, 1.54) is 0 Å². The van der Waals surface area contributed by atoms with Gasteiger partial charge in [-0.2, -0.15) is 0 Å². The molecule has 0 saturated carbocycles. The number of rotatable bonds is 8. The Balaban J connectivity index is 2.24. The maximum absolute atomic E-state index is 11.7. The summed E-state index contributed by atoms with van der Waals surface area (Å²) < 4.78 is 5.53. The van der Waals surface area contributed by atoms with Crippen LogP contribution in [0.5, 0.6) is 0 Å². The normalized spacial score (nSPS) is 17.9. The lowest BCUT2D eigenvalue weighted by Gasteiger charge is -2.23. The number of aliphatic carboxylic acids is 1. The molecule has 1 rings (SSSR count). The molecule has 19 heavy (non-hydrogen) atoms. The number of carbonyl (C=O) groups excluding carboxylic acids is 1. The molecule has 0 aromatic carbocycles. The fraction of sp³-hybridized carbons (Fsp3) is 0.846. The van der Waals surface area contributed by atoms with Crippen molar-refractivity contribution < 1.29 is 19.4 Å². The van der Waals surface area contributed by atoms with Crippen LogP contribution in [0.3, 0.4) is 0 Å². The molecule has 1 heterocycles. The molecule has 3 N–H and O–H groups in total. The highest BCUT2D eigenvalue weighted by molar-refractivity contribution is 5.78. The molecule has 6 heteroatoms. The molecule has 1 aliphatic rings. The van der Waals surface area contributed by atoms with Gasteiger partial charge in [0.2, 0.25) is 5.91 Å². The predicted molar refractivity (Wildman–Crippen MR) is 70.9 cm³/mol. The van der Waals surface area contributed by atoms with Gasteiger partial charge in [0, 0.05) is 6.04 Å². The van der Waals surface area contributed by atoms with Crippen molar-refractivity contribution in [3.63, 3.8) is 0 Å². The Labute approximate surface area is 113 Å².